The largest absolute Gasteiger partial charge is 0.471 e. The van der Waals surface area contributed by atoms with Crippen LogP contribution >= 0.6 is 11.8 Å². The van der Waals surface area contributed by atoms with Crippen LogP contribution in [0.25, 0.3) is 109 Å². The molecule has 0 fully saturated rings. The predicted molar refractivity (Wildman–Crippen MR) is 462 cm³/mol. The van der Waals surface area contributed by atoms with Crippen molar-refractivity contribution in [2.24, 2.45) is 0 Å². The van der Waals surface area contributed by atoms with Crippen LogP contribution in [0.1, 0.15) is 25.0 Å². The maximum Gasteiger partial charge on any atom is 0.372 e. The Balaban J connectivity index is 0.000000133. The lowest BCUT2D eigenvalue weighted by atomic mass is 9.28. The summed E-state index contributed by atoms with van der Waals surface area (Å²) in [6.45, 7) is 3.67. The summed E-state index contributed by atoms with van der Waals surface area (Å²) in [6.07, 6.45) is 0. The zero-order valence-corrected chi connectivity index (χ0v) is 60.9. The molecule has 0 atom stereocenters. The molecule has 12 heteroatoms. The van der Waals surface area contributed by atoms with Gasteiger partial charge in [-0.25, -0.2) is 4.98 Å². The molecule has 7 nitrogen and oxygen atoms in total. The quantitative estimate of drug-likeness (QED) is 0.120. The van der Waals surface area contributed by atoms with E-state index in [-0.39, 0.29) is 32.5 Å². The van der Waals surface area contributed by atoms with Crippen LogP contribution in [0.4, 0.5) is 22.7 Å². The molecule has 0 bridgehead atoms. The van der Waals surface area contributed by atoms with Crippen molar-refractivity contribution in [3.8, 4) is 22.3 Å². The summed E-state index contributed by atoms with van der Waals surface area (Å²) in [7, 11) is 0. The summed E-state index contributed by atoms with van der Waals surface area (Å²) in [4.78, 5) is 12.5. The number of para-hydroxylation sites is 7. The van der Waals surface area contributed by atoms with E-state index in [0.717, 1.165) is 122 Å². The van der Waals surface area contributed by atoms with Gasteiger partial charge >= 0.3 is 13.7 Å². The van der Waals surface area contributed by atoms with Crippen LogP contribution in [0, 0.1) is 0 Å². The third-order valence-corrected chi connectivity index (χ3v) is 25.0. The fourth-order valence-corrected chi connectivity index (χ4v) is 20.0. The highest BCUT2D eigenvalue weighted by molar-refractivity contribution is 7.99. The van der Waals surface area contributed by atoms with Gasteiger partial charge in [-0.3, -0.25) is 0 Å². The van der Waals surface area contributed by atoms with Crippen molar-refractivity contribution in [3.05, 3.63) is 357 Å². The Morgan fingerprint density at radius 1 is 0.291 bits per heavy atom. The number of benzene rings is 15. The molecule has 0 spiro atoms. The molecule has 9 heterocycles. The fraction of sp³-hybridized carbons (Fsp3) is 0.0306. The topological polar surface area (TPSA) is 71.9 Å². The number of anilines is 4. The van der Waals surface area contributed by atoms with Crippen molar-refractivity contribution in [2.75, 3.05) is 9.62 Å². The number of rotatable bonds is 6. The Labute approximate surface area is 640 Å². The van der Waals surface area contributed by atoms with E-state index in [4.69, 9.17) is 22.7 Å². The second kappa shape index (κ2) is 24.4. The van der Waals surface area contributed by atoms with Crippen molar-refractivity contribution in [1.82, 2.24) is 4.98 Å². The van der Waals surface area contributed by atoms with Crippen LogP contribution in [0.5, 0.6) is 0 Å². The number of nitrogens with zero attached hydrogens (tertiary/aromatic N) is 3. The Morgan fingerprint density at radius 3 is 1.30 bits per heavy atom. The molecule has 110 heavy (non-hydrogen) atoms. The predicted octanol–water partition coefficient (Wildman–Crippen LogP) is 18.4. The van der Waals surface area contributed by atoms with E-state index in [1.807, 2.05) is 17.8 Å². The van der Waals surface area contributed by atoms with Crippen molar-refractivity contribution in [3.63, 3.8) is 0 Å². The van der Waals surface area contributed by atoms with E-state index in [1.54, 1.807) is 0 Å². The number of aromatic nitrogens is 1. The molecule has 0 N–H and O–H groups in total. The van der Waals surface area contributed by atoms with Crippen LogP contribution in [0.15, 0.2) is 373 Å². The van der Waals surface area contributed by atoms with Gasteiger partial charge in [-0.2, -0.15) is 0 Å². The summed E-state index contributed by atoms with van der Waals surface area (Å²) in [5.41, 5.74) is 28.1. The van der Waals surface area contributed by atoms with Gasteiger partial charge in [-0.15, -0.1) is 0 Å². The Morgan fingerprint density at radius 2 is 0.718 bits per heavy atom. The molecule has 20 aromatic rings. The minimum Gasteiger partial charge on any atom is -0.471 e. The third-order valence-electron chi connectivity index (χ3n) is 23.8. The Hall–Kier alpha value is -13.1. The van der Waals surface area contributed by atoms with Gasteiger partial charge in [0.05, 0.1) is 33.7 Å². The number of fused-ring (bicyclic) bond motifs is 22. The molecule has 0 saturated carbocycles. The first kappa shape index (κ1) is 63.0. The second-order valence-corrected chi connectivity index (χ2v) is 31.2. The summed E-state index contributed by atoms with van der Waals surface area (Å²) >= 11 is 1.82. The smallest absolute Gasteiger partial charge is 0.372 e. The maximum absolute atomic E-state index is 7.34. The monoisotopic (exact) mass is 1420 g/mol. The molecule has 512 valence electrons. The second-order valence-electron chi connectivity index (χ2n) is 30.1. The molecule has 24 rings (SSSR count). The minimum absolute atomic E-state index is 0.197. The zero-order chi connectivity index (χ0) is 72.5. The van der Waals surface area contributed by atoms with Crippen LogP contribution in [-0.2, 0) is 5.41 Å². The minimum atomic E-state index is -0.297. The first-order valence-corrected chi connectivity index (χ1v) is 38.7. The molecule has 15 aromatic carbocycles. The van der Waals surface area contributed by atoms with Gasteiger partial charge in [0.2, 0.25) is 0 Å². The zero-order valence-electron chi connectivity index (χ0n) is 60.1. The highest BCUT2D eigenvalue weighted by Gasteiger charge is 2.54. The van der Waals surface area contributed by atoms with Gasteiger partial charge in [0, 0.05) is 70.3 Å². The van der Waals surface area contributed by atoms with E-state index >= 15 is 0 Å². The van der Waals surface area contributed by atoms with Crippen molar-refractivity contribution in [2.45, 2.75) is 29.1 Å². The van der Waals surface area contributed by atoms with Gasteiger partial charge in [0.15, 0.2) is 0 Å². The van der Waals surface area contributed by atoms with Gasteiger partial charge in [0.1, 0.15) is 22.3 Å². The summed E-state index contributed by atoms with van der Waals surface area (Å²) in [5, 5.41) is 11.5. The molecular formula is C98H63B4N3O4S. The normalized spacial score (nSPS) is 13.8. The number of pyridine rings is 1. The molecule has 4 aliphatic rings. The molecule has 0 saturated heterocycles. The molecule has 5 aromatic heterocycles. The van der Waals surface area contributed by atoms with E-state index in [1.165, 1.54) is 87.0 Å². The number of hydrogen-bond donors (Lipinski definition) is 0. The van der Waals surface area contributed by atoms with Crippen LogP contribution < -0.4 is 65.0 Å². The first-order valence-electron chi connectivity index (χ1n) is 37.9. The summed E-state index contributed by atoms with van der Waals surface area (Å²) < 4.78 is 28.9. The van der Waals surface area contributed by atoms with E-state index in [9.17, 15) is 0 Å². The van der Waals surface area contributed by atoms with E-state index in [0.29, 0.717) is 0 Å². The van der Waals surface area contributed by atoms with Gasteiger partial charge < -0.3 is 27.3 Å². The fourth-order valence-electron chi connectivity index (χ4n) is 19.0. The summed E-state index contributed by atoms with van der Waals surface area (Å²) in [6, 6.07) is 124. The Bertz CT molecular complexity index is 7110. The van der Waals surface area contributed by atoms with Crippen molar-refractivity contribution >= 4 is 204 Å². The standard InChI is InChI=1S/C53H37B2NO2.C45H26B2N2O2S/c1-53(2)42-22-9-11-24-44(42)56(45-25-12-10-23-43(45)53)55-49-41-21-8-13-26-46(41)57-51(49)54(50-48-40-20-7-6-17-36(40)29-32-47(48)58-52(50)55)39-30-27-35(28-31-39)38-19-14-18-37(33-38)34-15-4-3-5-16-34;1-3-13-31-27(11-1)21-24-38-41(31)43-45(51-38)47(49-35-16-6-9-19-39(35)52-40-20-10-7-17-36(40)49)42-32-14-4-8-18-37(32)50-44(42)46(43)30-22-23-34-29(26-30)25-28-12-2-5-15-33(28)48-34/h3-33H,1-2H3;1-26H. The molecule has 0 radical (unpaired) electrons. The van der Waals surface area contributed by atoms with Crippen molar-refractivity contribution < 1.29 is 17.7 Å². The SMILES string of the molecule is CC1(C)c2ccccc2N(B2c3oc4ccc5ccccc5c4c3B(c3ccc(-c4cccc(-c5ccccc5)c4)cc3)c3oc4ccccc4c32)c2ccccc21.c1ccc2c(c1)Sc1ccccc1N2B1c2oc3ccc4ccccc4c3c2B(c2ccc3nc4ccccc4cc3c2)c2oc3ccccc3c21. The van der Waals surface area contributed by atoms with Gasteiger partial charge in [-0.1, -0.05) is 297 Å². The highest BCUT2D eigenvalue weighted by Crippen LogP contribution is 2.51. The third kappa shape index (κ3) is 9.48. The number of furan rings is 4. The summed E-state index contributed by atoms with van der Waals surface area (Å²) in [5.74, 6) is 0. The first-order chi connectivity index (χ1) is 54.3. The molecule has 0 amide bonds. The molecule has 4 aliphatic heterocycles. The van der Waals surface area contributed by atoms with E-state index < -0.39 is 0 Å². The van der Waals surface area contributed by atoms with Gasteiger partial charge in [-0.05, 0) is 162 Å². The maximum atomic E-state index is 7.34. The molecule has 0 aliphatic carbocycles. The molecular weight excluding hydrogens is 1360 g/mol. The number of hydrogen-bond acceptors (Lipinski definition) is 8. The van der Waals surface area contributed by atoms with Crippen LogP contribution in [0.2, 0.25) is 0 Å². The lowest BCUT2D eigenvalue weighted by Crippen LogP contribution is -2.74. The van der Waals surface area contributed by atoms with Gasteiger partial charge in [0.25, 0.3) is 13.4 Å². The van der Waals surface area contributed by atoms with Crippen LogP contribution in [0.3, 0.4) is 0 Å². The Kier molecular flexibility index (Phi) is 14.0. The van der Waals surface area contributed by atoms with Crippen LogP contribution in [-0.4, -0.2) is 32.1 Å². The highest BCUT2D eigenvalue weighted by atomic mass is 32.2. The molecule has 0 unspecified atom stereocenters. The van der Waals surface area contributed by atoms with Crippen molar-refractivity contribution in [1.29, 1.82) is 0 Å². The lowest BCUT2D eigenvalue weighted by molar-refractivity contribution is 0.631. The average Bonchev–Trinajstić information content (AvgIpc) is 1.49. The van der Waals surface area contributed by atoms with E-state index in [2.05, 4.69) is 363 Å². The lowest BCUT2D eigenvalue weighted by Gasteiger charge is -2.45. The average molecular weight is 1420 g/mol.